The van der Waals surface area contributed by atoms with E-state index in [1.54, 1.807) is 25.3 Å². The first kappa shape index (κ1) is 12.9. The average Bonchev–Trinajstić information content (AvgIpc) is 3.00. The van der Waals surface area contributed by atoms with Crippen LogP contribution in [0.25, 0.3) is 0 Å². The number of methoxy groups -OCH3 is 1. The second kappa shape index (κ2) is 5.13. The monoisotopic (exact) mass is 325 g/mol. The predicted octanol–water partition coefficient (Wildman–Crippen LogP) is 2.51. The average molecular weight is 326 g/mol. The van der Waals surface area contributed by atoms with Crippen LogP contribution in [0.1, 0.15) is 29.6 Å². The van der Waals surface area contributed by atoms with Crippen LogP contribution in [0.2, 0.25) is 0 Å². The van der Waals surface area contributed by atoms with E-state index >= 15 is 0 Å². The SMILES string of the molecule is COc1ccc(C(=O)NC2CC3CCC2O3)cc1Br. The van der Waals surface area contributed by atoms with Gasteiger partial charge in [-0.1, -0.05) is 0 Å². The molecule has 3 unspecified atom stereocenters. The maximum Gasteiger partial charge on any atom is 0.251 e. The fourth-order valence-corrected chi connectivity index (χ4v) is 3.39. The summed E-state index contributed by atoms with van der Waals surface area (Å²) in [5, 5.41) is 3.07. The lowest BCUT2D eigenvalue weighted by Gasteiger charge is -2.20. The highest BCUT2D eigenvalue weighted by molar-refractivity contribution is 9.10. The maximum atomic E-state index is 12.2. The molecule has 4 nitrogen and oxygen atoms in total. The fraction of sp³-hybridized carbons (Fsp3) is 0.500. The van der Waals surface area contributed by atoms with Gasteiger partial charge in [0, 0.05) is 5.56 Å². The Morgan fingerprint density at radius 2 is 2.32 bits per heavy atom. The van der Waals surface area contributed by atoms with Crippen LogP contribution in [0.3, 0.4) is 0 Å². The van der Waals surface area contributed by atoms with E-state index in [2.05, 4.69) is 21.2 Å². The predicted molar refractivity (Wildman–Crippen MR) is 74.5 cm³/mol. The number of nitrogens with one attached hydrogen (secondary N) is 1. The number of benzene rings is 1. The Bertz CT molecular complexity index is 505. The summed E-state index contributed by atoms with van der Waals surface area (Å²) in [6.07, 6.45) is 3.68. The van der Waals surface area contributed by atoms with Crippen LogP contribution in [-0.4, -0.2) is 31.3 Å². The molecule has 5 heteroatoms. The van der Waals surface area contributed by atoms with Crippen molar-refractivity contribution in [2.45, 2.75) is 37.5 Å². The summed E-state index contributed by atoms with van der Waals surface area (Å²) < 4.78 is 11.7. The number of carbonyl (C=O) groups excluding carboxylic acids is 1. The number of fused-ring (bicyclic) bond motifs is 2. The van der Waals surface area contributed by atoms with E-state index in [0.717, 1.165) is 29.5 Å². The molecule has 1 aromatic rings. The van der Waals surface area contributed by atoms with Crippen LogP contribution in [0.4, 0.5) is 0 Å². The third-order valence-electron chi connectivity index (χ3n) is 3.84. The summed E-state index contributed by atoms with van der Waals surface area (Å²) in [6.45, 7) is 0. The molecule has 0 radical (unpaired) electrons. The van der Waals surface area contributed by atoms with Crippen molar-refractivity contribution in [1.82, 2.24) is 5.32 Å². The normalized spacial score (nSPS) is 28.4. The maximum absolute atomic E-state index is 12.2. The Labute approximate surface area is 120 Å². The zero-order valence-electron chi connectivity index (χ0n) is 10.7. The molecular formula is C14H16BrNO3. The lowest BCUT2D eigenvalue weighted by Crippen LogP contribution is -2.41. The Balaban J connectivity index is 1.69. The molecule has 1 aromatic carbocycles. The van der Waals surface area contributed by atoms with Crippen LogP contribution in [0.5, 0.6) is 5.75 Å². The highest BCUT2D eigenvalue weighted by Gasteiger charge is 2.41. The molecule has 0 aromatic heterocycles. The third-order valence-corrected chi connectivity index (χ3v) is 4.46. The van der Waals surface area contributed by atoms with Gasteiger partial charge in [-0.2, -0.15) is 0 Å². The van der Waals surface area contributed by atoms with Crippen molar-refractivity contribution in [2.24, 2.45) is 0 Å². The van der Waals surface area contributed by atoms with Gasteiger partial charge >= 0.3 is 0 Å². The Kier molecular flexibility index (Phi) is 3.50. The highest BCUT2D eigenvalue weighted by Crippen LogP contribution is 2.34. The number of hydrogen-bond acceptors (Lipinski definition) is 3. The zero-order valence-corrected chi connectivity index (χ0v) is 12.3. The quantitative estimate of drug-likeness (QED) is 0.928. The molecule has 3 atom stereocenters. The van der Waals surface area contributed by atoms with Crippen LogP contribution in [0, 0.1) is 0 Å². The summed E-state index contributed by atoms with van der Waals surface area (Å²) in [6, 6.07) is 5.50. The molecule has 2 heterocycles. The van der Waals surface area contributed by atoms with Gasteiger partial charge in [0.15, 0.2) is 0 Å². The van der Waals surface area contributed by atoms with Gasteiger partial charge in [-0.15, -0.1) is 0 Å². The van der Waals surface area contributed by atoms with Crippen molar-refractivity contribution in [3.63, 3.8) is 0 Å². The molecule has 102 valence electrons. The standard InChI is InChI=1S/C14H16BrNO3/c1-18-12-4-2-8(6-10(12)15)14(17)16-11-7-9-3-5-13(11)19-9/h2,4,6,9,11,13H,3,5,7H2,1H3,(H,16,17). The minimum Gasteiger partial charge on any atom is -0.496 e. The van der Waals surface area contributed by atoms with E-state index in [-0.39, 0.29) is 18.1 Å². The van der Waals surface area contributed by atoms with E-state index < -0.39 is 0 Å². The summed E-state index contributed by atoms with van der Waals surface area (Å²) in [7, 11) is 1.60. The van der Waals surface area contributed by atoms with Crippen molar-refractivity contribution in [3.05, 3.63) is 28.2 Å². The van der Waals surface area contributed by atoms with Gasteiger partial charge < -0.3 is 14.8 Å². The molecule has 2 saturated heterocycles. The Morgan fingerprint density at radius 1 is 1.47 bits per heavy atom. The molecule has 1 N–H and O–H groups in total. The number of hydrogen-bond donors (Lipinski definition) is 1. The topological polar surface area (TPSA) is 47.6 Å². The second-order valence-corrected chi connectivity index (χ2v) is 5.89. The molecule has 2 fully saturated rings. The van der Waals surface area contributed by atoms with Gasteiger partial charge in [0.05, 0.1) is 29.8 Å². The Hall–Kier alpha value is -1.07. The lowest BCUT2D eigenvalue weighted by molar-refractivity contribution is 0.0841. The van der Waals surface area contributed by atoms with Crippen molar-refractivity contribution in [2.75, 3.05) is 7.11 Å². The fourth-order valence-electron chi connectivity index (χ4n) is 2.85. The molecule has 2 aliphatic heterocycles. The van der Waals surface area contributed by atoms with Gasteiger partial charge in [-0.3, -0.25) is 4.79 Å². The zero-order chi connectivity index (χ0) is 13.4. The molecule has 3 rings (SSSR count). The molecule has 1 amide bonds. The number of rotatable bonds is 3. The van der Waals surface area contributed by atoms with Gasteiger partial charge in [-0.25, -0.2) is 0 Å². The van der Waals surface area contributed by atoms with Crippen molar-refractivity contribution >= 4 is 21.8 Å². The van der Waals surface area contributed by atoms with Crippen LogP contribution in [0.15, 0.2) is 22.7 Å². The molecule has 0 aliphatic carbocycles. The molecule has 0 saturated carbocycles. The van der Waals surface area contributed by atoms with Crippen molar-refractivity contribution in [1.29, 1.82) is 0 Å². The summed E-state index contributed by atoms with van der Waals surface area (Å²) in [5.41, 5.74) is 0.635. The second-order valence-electron chi connectivity index (χ2n) is 5.04. The first-order chi connectivity index (χ1) is 9.17. The first-order valence-corrected chi connectivity index (χ1v) is 7.26. The van der Waals surface area contributed by atoms with E-state index in [9.17, 15) is 4.79 Å². The summed E-state index contributed by atoms with van der Waals surface area (Å²) in [4.78, 5) is 12.2. The first-order valence-electron chi connectivity index (χ1n) is 6.47. The summed E-state index contributed by atoms with van der Waals surface area (Å²) in [5.74, 6) is 0.671. The van der Waals surface area contributed by atoms with Gasteiger partial charge in [0.25, 0.3) is 5.91 Å². The van der Waals surface area contributed by atoms with Gasteiger partial charge in [-0.05, 0) is 53.4 Å². The van der Waals surface area contributed by atoms with E-state index in [1.807, 2.05) is 0 Å². The number of amides is 1. The number of ether oxygens (including phenoxy) is 2. The summed E-state index contributed by atoms with van der Waals surface area (Å²) >= 11 is 3.39. The van der Waals surface area contributed by atoms with Crippen molar-refractivity contribution < 1.29 is 14.3 Å². The van der Waals surface area contributed by atoms with Crippen LogP contribution in [-0.2, 0) is 4.74 Å². The van der Waals surface area contributed by atoms with E-state index in [0.29, 0.717) is 11.7 Å². The highest BCUT2D eigenvalue weighted by atomic mass is 79.9. The molecule has 2 bridgehead atoms. The minimum absolute atomic E-state index is 0.0514. The van der Waals surface area contributed by atoms with E-state index in [4.69, 9.17) is 9.47 Å². The largest absolute Gasteiger partial charge is 0.496 e. The Morgan fingerprint density at radius 3 is 2.89 bits per heavy atom. The lowest BCUT2D eigenvalue weighted by atomic mass is 9.95. The number of halogens is 1. The van der Waals surface area contributed by atoms with E-state index in [1.165, 1.54) is 0 Å². The minimum atomic E-state index is -0.0514. The van der Waals surface area contributed by atoms with Crippen LogP contribution < -0.4 is 10.1 Å². The number of carbonyl (C=O) groups is 1. The van der Waals surface area contributed by atoms with Crippen LogP contribution >= 0.6 is 15.9 Å². The molecular weight excluding hydrogens is 310 g/mol. The van der Waals surface area contributed by atoms with Crippen molar-refractivity contribution in [3.8, 4) is 5.75 Å². The smallest absolute Gasteiger partial charge is 0.251 e. The third kappa shape index (κ3) is 2.49. The molecule has 0 spiro atoms. The van der Waals surface area contributed by atoms with Gasteiger partial charge in [0.2, 0.25) is 0 Å². The molecule has 2 aliphatic rings. The molecule has 19 heavy (non-hydrogen) atoms. The van der Waals surface area contributed by atoms with Gasteiger partial charge in [0.1, 0.15) is 5.75 Å².